The van der Waals surface area contributed by atoms with Crippen LogP contribution >= 0.6 is 25.8 Å². The van der Waals surface area contributed by atoms with E-state index in [0.29, 0.717) is 0 Å². The molecule has 20 nitrogen and oxygen atoms in total. The van der Waals surface area contributed by atoms with Crippen molar-refractivity contribution < 1.29 is 42.1 Å². The molecule has 7 rings (SSSR count). The lowest BCUT2D eigenvalue weighted by atomic mass is 10.1. The highest BCUT2D eigenvalue weighted by Gasteiger charge is 2.51. The molecule has 3 aliphatic rings. The van der Waals surface area contributed by atoms with Crippen LogP contribution in [0.15, 0.2) is 34.6 Å². The molecule has 0 aliphatic carbocycles. The number of imidazole rings is 2. The van der Waals surface area contributed by atoms with Crippen LogP contribution in [0.5, 0.6) is 0 Å². The van der Waals surface area contributed by atoms with Crippen LogP contribution in [0.4, 0.5) is 5.95 Å². The van der Waals surface area contributed by atoms with Crippen LogP contribution in [0.1, 0.15) is 18.9 Å². The number of nitrogens with two attached hydrogens (primary N) is 1. The molecule has 9 atom stereocenters. The fraction of sp³-hybridized carbons (Fsp3) is 0.500. The third kappa shape index (κ3) is 5.44. The Morgan fingerprint density at radius 1 is 1.07 bits per heavy atom. The zero-order valence-corrected chi connectivity index (χ0v) is 25.5. The van der Waals surface area contributed by atoms with E-state index in [4.69, 9.17) is 45.1 Å². The topological polar surface area (TPSA) is 255 Å². The van der Waals surface area contributed by atoms with Gasteiger partial charge in [-0.1, -0.05) is 12.2 Å². The van der Waals surface area contributed by atoms with Gasteiger partial charge in [-0.15, -0.1) is 0 Å². The number of hydrogen-bond donors (Lipinski definition) is 5. The Morgan fingerprint density at radius 2 is 1.84 bits per heavy atom. The summed E-state index contributed by atoms with van der Waals surface area (Å²) in [5, 5.41) is 11.1. The molecule has 0 amide bonds. The molecular formula is C20H23N9O11P2S2. The lowest BCUT2D eigenvalue weighted by Gasteiger charge is -2.26. The predicted octanol–water partition coefficient (Wildman–Crippen LogP) is -0.776. The first-order valence-corrected chi connectivity index (χ1v) is 18.1. The molecule has 2 bridgehead atoms. The summed E-state index contributed by atoms with van der Waals surface area (Å²) in [6.07, 6.45) is -3.19. The average molecular weight is 692 g/mol. The molecule has 0 spiro atoms. The fourth-order valence-corrected chi connectivity index (χ4v) is 8.14. The normalized spacial score (nSPS) is 36.6. The first kappa shape index (κ1) is 30.1. The third-order valence-electron chi connectivity index (χ3n) is 7.20. The summed E-state index contributed by atoms with van der Waals surface area (Å²) in [6.45, 7) is -9.30. The van der Waals surface area contributed by atoms with Gasteiger partial charge in [0.15, 0.2) is 17.4 Å². The Bertz CT molecular complexity index is 1970. The number of nitrogens with zero attached hydrogens (tertiary/aromatic N) is 7. The molecular weight excluding hydrogens is 668 g/mol. The number of aliphatic hydroxyl groups is 1. The van der Waals surface area contributed by atoms with Crippen molar-refractivity contribution in [1.29, 1.82) is 0 Å². The van der Waals surface area contributed by atoms with E-state index in [-0.39, 0.29) is 29.3 Å². The SMILES string of the molecule is Nc1nc2c(ncn2[C@@H]2O[C@@H]3COP(O)(=S)O[C@H]4C[C@H](n5cnc6nccn6c5=O)O[C@@H]4COP(=O)(S)OC2[C@H]3O)c(=O)[nH]1. The minimum Gasteiger partial charge on any atom is -0.387 e. The highest BCUT2D eigenvalue weighted by atomic mass is 32.7. The molecule has 0 radical (unpaired) electrons. The zero-order valence-electron chi connectivity index (χ0n) is 22.0. The second-order valence-corrected chi connectivity index (χ2v) is 15.6. The van der Waals surface area contributed by atoms with Gasteiger partial charge in [0.2, 0.25) is 11.7 Å². The Balaban J connectivity index is 1.19. The van der Waals surface area contributed by atoms with Crippen molar-refractivity contribution in [3.63, 3.8) is 0 Å². The second kappa shape index (κ2) is 11.0. The molecule has 3 aliphatic heterocycles. The van der Waals surface area contributed by atoms with E-state index in [1.54, 1.807) is 0 Å². The van der Waals surface area contributed by atoms with Gasteiger partial charge in [0.25, 0.3) is 5.56 Å². The van der Waals surface area contributed by atoms with E-state index in [1.807, 2.05) is 0 Å². The van der Waals surface area contributed by atoms with Gasteiger partial charge in [-0.25, -0.2) is 28.7 Å². The molecule has 0 saturated carbocycles. The molecule has 5 N–H and O–H groups in total. The number of nitrogens with one attached hydrogen (secondary N) is 1. The number of aromatic nitrogens is 8. The maximum absolute atomic E-state index is 13.5. The molecule has 3 unspecified atom stereocenters. The number of nitrogen functional groups attached to an aromatic ring is 1. The number of thiol groups is 1. The number of aliphatic hydroxyl groups excluding tert-OH is 1. The number of anilines is 1. The summed E-state index contributed by atoms with van der Waals surface area (Å²) >= 11 is 9.32. The van der Waals surface area contributed by atoms with E-state index < -0.39 is 81.0 Å². The van der Waals surface area contributed by atoms with Crippen LogP contribution in [0.2, 0.25) is 0 Å². The Hall–Kier alpha value is -2.59. The quantitative estimate of drug-likeness (QED) is 0.128. The molecule has 0 aromatic carbocycles. The van der Waals surface area contributed by atoms with Gasteiger partial charge in [0.05, 0.1) is 25.6 Å². The summed E-state index contributed by atoms with van der Waals surface area (Å²) in [6, 6.07) is 0. The molecule has 3 fully saturated rings. The summed E-state index contributed by atoms with van der Waals surface area (Å²) in [5.74, 6) is -0.0260. The number of aromatic amines is 1. The van der Waals surface area contributed by atoms with E-state index in [2.05, 4.69) is 37.2 Å². The molecule has 44 heavy (non-hydrogen) atoms. The Labute approximate surface area is 255 Å². The highest BCUT2D eigenvalue weighted by Crippen LogP contribution is 2.58. The molecule has 7 heterocycles. The lowest BCUT2D eigenvalue weighted by Crippen LogP contribution is -2.35. The largest absolute Gasteiger partial charge is 0.387 e. The van der Waals surface area contributed by atoms with Gasteiger partial charge in [0.1, 0.15) is 37.0 Å². The van der Waals surface area contributed by atoms with Gasteiger partial charge < -0.3 is 34.3 Å². The van der Waals surface area contributed by atoms with Crippen molar-refractivity contribution in [3.8, 4) is 0 Å². The van der Waals surface area contributed by atoms with Crippen molar-refractivity contribution in [3.05, 3.63) is 45.9 Å². The van der Waals surface area contributed by atoms with Crippen molar-refractivity contribution >= 4 is 60.5 Å². The minimum absolute atomic E-state index is 0.00786. The molecule has 236 valence electrons. The van der Waals surface area contributed by atoms with Gasteiger partial charge >= 0.3 is 19.2 Å². The summed E-state index contributed by atoms with van der Waals surface area (Å²) < 4.78 is 51.6. The summed E-state index contributed by atoms with van der Waals surface area (Å²) in [7, 11) is 0. The predicted molar refractivity (Wildman–Crippen MR) is 153 cm³/mol. The number of rotatable bonds is 2. The Morgan fingerprint density at radius 3 is 2.66 bits per heavy atom. The summed E-state index contributed by atoms with van der Waals surface area (Å²) in [5.41, 5.74) is 4.47. The standard InChI is InChI=1S/C20H23N9O11P2S2/c21-18-25-15-12(16(31)26-18)23-6-29(15)17-14-13(30)10(38-17)5-36-41(33,43)39-8-3-11(37-9(8)4-35-42(34,44)40-14)28-7-24-19-22-1-2-27(19)20(28)32/h1-2,6-11,13-14,17,30H,3-5H2,(H,33,43)(H,34,44)(H3,21,25,26,31)/t8-,9+,10+,11+,13-,14?,17+,41?,42?/m0/s1. The Kier molecular flexibility index (Phi) is 7.55. The van der Waals surface area contributed by atoms with Gasteiger partial charge in [0, 0.05) is 18.8 Å². The van der Waals surface area contributed by atoms with E-state index in [9.17, 15) is 24.2 Å². The van der Waals surface area contributed by atoms with Crippen molar-refractivity contribution in [1.82, 2.24) is 38.5 Å². The first-order chi connectivity index (χ1) is 20.9. The maximum atomic E-state index is 13.5. The number of hydrogen-bond acceptors (Lipinski definition) is 16. The highest BCUT2D eigenvalue weighted by molar-refractivity contribution is 8.44. The van der Waals surface area contributed by atoms with Crippen LogP contribution < -0.4 is 17.0 Å². The van der Waals surface area contributed by atoms with E-state index in [1.165, 1.54) is 38.6 Å². The van der Waals surface area contributed by atoms with Crippen LogP contribution in [-0.4, -0.2) is 92.2 Å². The van der Waals surface area contributed by atoms with Gasteiger partial charge in [-0.05, 0) is 11.8 Å². The van der Waals surface area contributed by atoms with Crippen LogP contribution in [0.3, 0.4) is 0 Å². The van der Waals surface area contributed by atoms with E-state index in [0.717, 1.165) is 0 Å². The zero-order chi connectivity index (χ0) is 31.0. The summed E-state index contributed by atoms with van der Waals surface area (Å²) in [4.78, 5) is 54.8. The lowest BCUT2D eigenvalue weighted by molar-refractivity contribution is -0.0592. The van der Waals surface area contributed by atoms with Gasteiger partial charge in [-0.3, -0.25) is 28.0 Å². The van der Waals surface area contributed by atoms with Crippen LogP contribution in [-0.2, 0) is 43.9 Å². The number of H-pyrrole nitrogens is 1. The third-order valence-corrected chi connectivity index (χ3v) is 10.4. The number of ether oxygens (including phenoxy) is 2. The van der Waals surface area contributed by atoms with Crippen molar-refractivity contribution in [2.24, 2.45) is 0 Å². The first-order valence-electron chi connectivity index (χ1n) is 12.8. The van der Waals surface area contributed by atoms with Crippen molar-refractivity contribution in [2.75, 3.05) is 18.9 Å². The van der Waals surface area contributed by atoms with Crippen LogP contribution in [0.25, 0.3) is 16.9 Å². The van der Waals surface area contributed by atoms with Gasteiger partial charge in [-0.2, -0.15) is 4.98 Å². The monoisotopic (exact) mass is 691 g/mol. The molecule has 24 heteroatoms. The number of fused-ring (bicyclic) bond motifs is 5. The molecule has 4 aromatic rings. The average Bonchev–Trinajstić information content (AvgIpc) is 3.73. The smallest absolute Gasteiger partial charge is 0.386 e. The fourth-order valence-electron chi connectivity index (χ4n) is 5.20. The van der Waals surface area contributed by atoms with Crippen LogP contribution in [0, 0.1) is 0 Å². The maximum Gasteiger partial charge on any atom is 0.386 e. The molecule has 3 saturated heterocycles. The minimum atomic E-state index is -4.30. The second-order valence-electron chi connectivity index (χ2n) is 9.97. The van der Waals surface area contributed by atoms with E-state index >= 15 is 0 Å². The molecule has 4 aromatic heterocycles. The van der Waals surface area contributed by atoms with Crippen molar-refractivity contribution in [2.45, 2.75) is 49.4 Å².